The summed E-state index contributed by atoms with van der Waals surface area (Å²) in [6, 6.07) is 9.48. The number of sulfone groups is 1. The van der Waals surface area contributed by atoms with Gasteiger partial charge in [-0.3, -0.25) is 9.59 Å². The predicted octanol–water partition coefficient (Wildman–Crippen LogP) is 1.85. The van der Waals surface area contributed by atoms with Crippen molar-refractivity contribution in [3.8, 4) is 0 Å². The van der Waals surface area contributed by atoms with Gasteiger partial charge in [0.25, 0.3) is 5.91 Å². The number of nitrogens with one attached hydrogen (secondary N) is 1. The molecule has 26 heavy (non-hydrogen) atoms. The minimum absolute atomic E-state index is 0.0596. The lowest BCUT2D eigenvalue weighted by molar-refractivity contribution is -0.121. The molecule has 0 fully saturated rings. The summed E-state index contributed by atoms with van der Waals surface area (Å²) in [6.07, 6.45) is 1.28. The molecule has 2 amide bonds. The highest BCUT2D eigenvalue weighted by atomic mass is 32.2. The van der Waals surface area contributed by atoms with Crippen LogP contribution in [0.4, 0.5) is 0 Å². The largest absolute Gasteiger partial charge is 0.459 e. The van der Waals surface area contributed by atoms with E-state index in [2.05, 4.69) is 5.32 Å². The Kier molecular flexibility index (Phi) is 6.57. The predicted molar refractivity (Wildman–Crippen MR) is 96.3 cm³/mol. The van der Waals surface area contributed by atoms with E-state index in [1.807, 2.05) is 0 Å². The number of rotatable bonds is 8. The van der Waals surface area contributed by atoms with Crippen LogP contribution in [0.25, 0.3) is 0 Å². The molecule has 1 aromatic carbocycles. The van der Waals surface area contributed by atoms with Gasteiger partial charge in [0.2, 0.25) is 5.91 Å². The zero-order chi connectivity index (χ0) is 19.2. The van der Waals surface area contributed by atoms with Crippen LogP contribution in [-0.4, -0.2) is 44.8 Å². The van der Waals surface area contributed by atoms with Gasteiger partial charge in [0.1, 0.15) is 0 Å². The number of amides is 2. The van der Waals surface area contributed by atoms with Crippen LogP contribution in [0.2, 0.25) is 0 Å². The average Bonchev–Trinajstić information content (AvgIpc) is 3.07. The molecular weight excluding hydrogens is 356 g/mol. The van der Waals surface area contributed by atoms with Crippen molar-refractivity contribution in [1.82, 2.24) is 10.2 Å². The van der Waals surface area contributed by atoms with Crippen LogP contribution in [0.3, 0.4) is 0 Å². The smallest absolute Gasteiger partial charge is 0.290 e. The summed E-state index contributed by atoms with van der Waals surface area (Å²) in [4.78, 5) is 25.9. The van der Waals surface area contributed by atoms with Gasteiger partial charge in [0.05, 0.1) is 23.5 Å². The van der Waals surface area contributed by atoms with E-state index in [1.165, 1.54) is 29.4 Å². The Hall–Kier alpha value is -2.61. The van der Waals surface area contributed by atoms with Gasteiger partial charge in [0.15, 0.2) is 15.6 Å². The third-order valence-electron chi connectivity index (χ3n) is 3.77. The summed E-state index contributed by atoms with van der Waals surface area (Å²) in [5, 5.41) is 2.63. The summed E-state index contributed by atoms with van der Waals surface area (Å²) in [7, 11) is -3.61. The number of nitrogens with zero attached hydrogens (tertiary/aromatic N) is 1. The highest BCUT2D eigenvalue weighted by Crippen LogP contribution is 2.21. The van der Waals surface area contributed by atoms with Crippen LogP contribution in [0, 0.1) is 0 Å². The minimum Gasteiger partial charge on any atom is -0.459 e. The van der Waals surface area contributed by atoms with E-state index in [0.29, 0.717) is 13.1 Å². The Morgan fingerprint density at radius 1 is 1.12 bits per heavy atom. The second-order valence-corrected chi connectivity index (χ2v) is 7.61. The van der Waals surface area contributed by atoms with Crippen LogP contribution in [0.1, 0.15) is 30.0 Å². The van der Waals surface area contributed by atoms with Gasteiger partial charge in [-0.05, 0) is 32.0 Å². The Balaban J connectivity index is 2.21. The third kappa shape index (κ3) is 4.72. The van der Waals surface area contributed by atoms with Gasteiger partial charge in [0, 0.05) is 18.7 Å². The molecule has 0 atom stereocenters. The number of hydrogen-bond acceptors (Lipinski definition) is 5. The fourth-order valence-corrected chi connectivity index (χ4v) is 3.83. The number of carbonyl (C=O) groups is 2. The van der Waals surface area contributed by atoms with Crippen molar-refractivity contribution in [1.29, 1.82) is 0 Å². The maximum absolute atomic E-state index is 12.7. The molecule has 0 saturated carbocycles. The van der Waals surface area contributed by atoms with Gasteiger partial charge >= 0.3 is 0 Å². The molecule has 1 N–H and O–H groups in total. The van der Waals surface area contributed by atoms with E-state index in [0.717, 1.165) is 0 Å². The highest BCUT2D eigenvalue weighted by molar-refractivity contribution is 7.90. The van der Waals surface area contributed by atoms with Crippen LogP contribution in [-0.2, 0) is 20.4 Å². The highest BCUT2D eigenvalue weighted by Gasteiger charge is 2.26. The maximum Gasteiger partial charge on any atom is 0.290 e. The first-order chi connectivity index (χ1) is 12.4. The summed E-state index contributed by atoms with van der Waals surface area (Å²) in [5.74, 6) is -1.21. The standard InChI is InChI=1S/C18H22N2O5S/c1-3-19-16(21)12-20(4-2)18(22)17-14(10-11-25-17)13-26(23,24)15-8-6-5-7-9-15/h5-11H,3-4,12-13H2,1-2H3,(H,19,21). The Morgan fingerprint density at radius 2 is 1.81 bits per heavy atom. The van der Waals surface area contributed by atoms with Crippen molar-refractivity contribution >= 4 is 21.7 Å². The fraction of sp³-hybridized carbons (Fsp3) is 0.333. The summed E-state index contributed by atoms with van der Waals surface area (Å²) >= 11 is 0. The lowest BCUT2D eigenvalue weighted by Gasteiger charge is -2.19. The second-order valence-electron chi connectivity index (χ2n) is 5.62. The van der Waals surface area contributed by atoms with E-state index < -0.39 is 15.7 Å². The van der Waals surface area contributed by atoms with Crippen molar-refractivity contribution in [3.63, 3.8) is 0 Å². The van der Waals surface area contributed by atoms with E-state index in [1.54, 1.807) is 32.0 Å². The Labute approximate surface area is 152 Å². The molecule has 0 aliphatic heterocycles. The lowest BCUT2D eigenvalue weighted by Crippen LogP contribution is -2.40. The lowest BCUT2D eigenvalue weighted by atomic mass is 10.2. The molecule has 0 radical (unpaired) electrons. The summed E-state index contributed by atoms with van der Waals surface area (Å²) < 4.78 is 30.3. The Bertz CT molecular complexity index is 859. The number of furan rings is 1. The van der Waals surface area contributed by atoms with Gasteiger partial charge < -0.3 is 14.6 Å². The molecule has 2 rings (SSSR count). The molecule has 1 heterocycles. The molecule has 0 bridgehead atoms. The molecular formula is C18H22N2O5S. The number of benzene rings is 1. The molecule has 0 spiro atoms. The molecule has 2 aromatic rings. The van der Waals surface area contributed by atoms with Crippen molar-refractivity contribution in [2.24, 2.45) is 0 Å². The molecule has 140 valence electrons. The van der Waals surface area contributed by atoms with Gasteiger partial charge in [-0.2, -0.15) is 0 Å². The second kappa shape index (κ2) is 8.66. The average molecular weight is 378 g/mol. The van der Waals surface area contributed by atoms with Crippen molar-refractivity contribution < 1.29 is 22.4 Å². The fourth-order valence-electron chi connectivity index (χ4n) is 2.45. The number of carbonyl (C=O) groups excluding carboxylic acids is 2. The first-order valence-corrected chi connectivity index (χ1v) is 9.94. The van der Waals surface area contributed by atoms with Crippen LogP contribution in [0.5, 0.6) is 0 Å². The van der Waals surface area contributed by atoms with Crippen molar-refractivity contribution in [2.45, 2.75) is 24.5 Å². The zero-order valence-corrected chi connectivity index (χ0v) is 15.6. The molecule has 7 nitrogen and oxygen atoms in total. The van der Waals surface area contributed by atoms with E-state index >= 15 is 0 Å². The molecule has 8 heteroatoms. The van der Waals surface area contributed by atoms with E-state index in [9.17, 15) is 18.0 Å². The topological polar surface area (TPSA) is 96.7 Å². The van der Waals surface area contributed by atoms with Gasteiger partial charge in [-0.25, -0.2) is 8.42 Å². The van der Waals surface area contributed by atoms with E-state index in [-0.39, 0.29) is 34.4 Å². The Morgan fingerprint density at radius 3 is 2.42 bits per heavy atom. The summed E-state index contributed by atoms with van der Waals surface area (Å²) in [6.45, 7) is 4.16. The first kappa shape index (κ1) is 19.7. The van der Waals surface area contributed by atoms with Gasteiger partial charge in [-0.1, -0.05) is 18.2 Å². The molecule has 1 aromatic heterocycles. The van der Waals surface area contributed by atoms with Crippen LogP contribution in [0.15, 0.2) is 52.0 Å². The van der Waals surface area contributed by atoms with Crippen LogP contribution >= 0.6 is 0 Å². The zero-order valence-electron chi connectivity index (χ0n) is 14.8. The van der Waals surface area contributed by atoms with Crippen molar-refractivity contribution in [2.75, 3.05) is 19.6 Å². The monoisotopic (exact) mass is 378 g/mol. The molecule has 0 aliphatic carbocycles. The summed E-state index contributed by atoms with van der Waals surface area (Å²) in [5.41, 5.74) is 0.271. The third-order valence-corrected chi connectivity index (χ3v) is 5.45. The molecule has 0 aliphatic rings. The number of likely N-dealkylation sites (N-methyl/N-ethyl adjacent to an activating group) is 2. The maximum atomic E-state index is 12.7. The van der Waals surface area contributed by atoms with Crippen LogP contribution < -0.4 is 5.32 Å². The van der Waals surface area contributed by atoms with Crippen molar-refractivity contribution in [3.05, 3.63) is 54.0 Å². The SMILES string of the molecule is CCNC(=O)CN(CC)C(=O)c1occc1CS(=O)(=O)c1ccccc1. The molecule has 0 unspecified atom stereocenters. The first-order valence-electron chi connectivity index (χ1n) is 8.29. The number of hydrogen-bond donors (Lipinski definition) is 1. The quantitative estimate of drug-likeness (QED) is 0.756. The molecule has 0 saturated heterocycles. The van der Waals surface area contributed by atoms with E-state index in [4.69, 9.17) is 4.42 Å². The van der Waals surface area contributed by atoms with Gasteiger partial charge in [-0.15, -0.1) is 0 Å². The minimum atomic E-state index is -3.61. The normalized spacial score (nSPS) is 11.2.